The fraction of sp³-hybridized carbons (Fsp3) is 0.893. The summed E-state index contributed by atoms with van der Waals surface area (Å²) in [5.41, 5.74) is 7.85. The van der Waals surface area contributed by atoms with E-state index < -0.39 is 0 Å². The van der Waals surface area contributed by atoms with Gasteiger partial charge in [0.05, 0.1) is 5.70 Å². The summed E-state index contributed by atoms with van der Waals surface area (Å²) in [5, 5.41) is 0. The summed E-state index contributed by atoms with van der Waals surface area (Å²) in [7, 11) is 0. The Bertz CT molecular complexity index is 771. The normalized spacial score (nSPS) is 46.9. The van der Waals surface area contributed by atoms with Crippen molar-refractivity contribution >= 4 is 6.02 Å². The van der Waals surface area contributed by atoms with Gasteiger partial charge in [0.2, 0.25) is 0 Å². The second kappa shape index (κ2) is 7.52. The molecule has 1 heterocycles. The Kier molecular flexibility index (Phi) is 5.30. The topological polar surface area (TPSA) is 47.6 Å². The van der Waals surface area contributed by atoms with Gasteiger partial charge in [0.25, 0.3) is 6.02 Å². The summed E-state index contributed by atoms with van der Waals surface area (Å²) < 4.78 is 6.43. The number of rotatable bonds is 5. The number of nitrogens with two attached hydrogens (primary N) is 1. The third kappa shape index (κ3) is 3.07. The zero-order chi connectivity index (χ0) is 22.0. The van der Waals surface area contributed by atoms with E-state index in [-0.39, 0.29) is 11.0 Å². The summed E-state index contributed by atoms with van der Waals surface area (Å²) in [4.78, 5) is 4.80. The molecule has 3 saturated carbocycles. The van der Waals surface area contributed by atoms with Crippen LogP contribution >= 0.6 is 0 Å². The first-order valence-corrected chi connectivity index (χ1v) is 13.5. The molecule has 0 aromatic rings. The van der Waals surface area contributed by atoms with E-state index >= 15 is 0 Å². The molecule has 2 N–H and O–H groups in total. The molecule has 3 fully saturated rings. The monoisotopic (exact) mass is 426 g/mol. The highest BCUT2D eigenvalue weighted by Crippen LogP contribution is 2.70. The fourth-order valence-electron chi connectivity index (χ4n) is 9.44. The van der Waals surface area contributed by atoms with Gasteiger partial charge in [0.1, 0.15) is 0 Å². The van der Waals surface area contributed by atoms with Crippen LogP contribution in [0.3, 0.4) is 0 Å². The zero-order valence-electron chi connectivity index (χ0n) is 20.8. The standard InChI is InChI=1S/C28H46N2O/c1-18(2)9-8-10-19(3)21-11-12-22-20-17-24-28(31-25(29)30-24)15-7-6-14-27(28,5)23(20)13-16-26(21,22)4/h17-23H,6-16H2,1-5H3,(H2,29,30)/t19-,20+,21-,22+,23+,26-,27-,28+/m1/s1. The number of hydrogen-bond acceptors (Lipinski definition) is 3. The number of allylic oxidation sites excluding steroid dienone is 1. The first-order chi connectivity index (χ1) is 14.7. The van der Waals surface area contributed by atoms with Crippen LogP contribution in [0.25, 0.3) is 0 Å². The van der Waals surface area contributed by atoms with Crippen molar-refractivity contribution in [2.24, 2.45) is 57.1 Å². The van der Waals surface area contributed by atoms with Crippen LogP contribution in [0.5, 0.6) is 0 Å². The molecule has 3 nitrogen and oxygen atoms in total. The van der Waals surface area contributed by atoms with E-state index in [0.717, 1.165) is 36.0 Å². The molecule has 0 amide bonds. The lowest BCUT2D eigenvalue weighted by molar-refractivity contribution is -0.142. The second-order valence-corrected chi connectivity index (χ2v) is 12.9. The summed E-state index contributed by atoms with van der Waals surface area (Å²) in [6.45, 7) is 12.5. The maximum atomic E-state index is 6.43. The third-order valence-corrected chi connectivity index (χ3v) is 11.0. The molecule has 5 aliphatic rings. The number of ether oxygens (including phenoxy) is 1. The molecular formula is C28H46N2O. The van der Waals surface area contributed by atoms with E-state index in [4.69, 9.17) is 15.5 Å². The Hall–Kier alpha value is -0.990. The highest BCUT2D eigenvalue weighted by molar-refractivity contribution is 5.77. The number of fused-ring (bicyclic) bond motifs is 4. The van der Waals surface area contributed by atoms with Gasteiger partial charge in [-0.15, -0.1) is 0 Å². The van der Waals surface area contributed by atoms with Crippen LogP contribution in [0.15, 0.2) is 16.8 Å². The molecule has 0 unspecified atom stereocenters. The van der Waals surface area contributed by atoms with Gasteiger partial charge in [-0.3, -0.25) is 0 Å². The van der Waals surface area contributed by atoms with E-state index in [9.17, 15) is 0 Å². The predicted octanol–water partition coefficient (Wildman–Crippen LogP) is 7.07. The lowest BCUT2D eigenvalue weighted by Gasteiger charge is -2.61. The molecule has 174 valence electrons. The average Bonchev–Trinajstić information content (AvgIpc) is 3.22. The van der Waals surface area contributed by atoms with Crippen molar-refractivity contribution in [3.63, 3.8) is 0 Å². The minimum Gasteiger partial charge on any atom is -0.451 e. The summed E-state index contributed by atoms with van der Waals surface area (Å²) in [5.74, 6) is 4.78. The smallest absolute Gasteiger partial charge is 0.287 e. The molecule has 0 saturated heterocycles. The number of nitrogens with zero attached hydrogens (tertiary/aromatic N) is 1. The van der Waals surface area contributed by atoms with Gasteiger partial charge in [-0.25, -0.2) is 0 Å². The zero-order valence-corrected chi connectivity index (χ0v) is 20.8. The van der Waals surface area contributed by atoms with E-state index in [1.54, 1.807) is 0 Å². The van der Waals surface area contributed by atoms with Gasteiger partial charge in [0, 0.05) is 5.41 Å². The number of amidine groups is 1. The van der Waals surface area contributed by atoms with Crippen molar-refractivity contribution in [3.8, 4) is 0 Å². The van der Waals surface area contributed by atoms with Crippen LogP contribution in [-0.4, -0.2) is 11.6 Å². The van der Waals surface area contributed by atoms with E-state index in [1.807, 2.05) is 0 Å². The molecular weight excluding hydrogens is 380 g/mol. The Morgan fingerprint density at radius 3 is 2.58 bits per heavy atom. The molecule has 5 rings (SSSR count). The van der Waals surface area contributed by atoms with Gasteiger partial charge < -0.3 is 10.5 Å². The van der Waals surface area contributed by atoms with Crippen molar-refractivity contribution in [3.05, 3.63) is 11.8 Å². The minimum absolute atomic E-state index is 0.187. The summed E-state index contributed by atoms with van der Waals surface area (Å²) in [6.07, 6.45) is 17.3. The van der Waals surface area contributed by atoms with Crippen LogP contribution < -0.4 is 5.73 Å². The Morgan fingerprint density at radius 1 is 1.03 bits per heavy atom. The molecule has 1 spiro atoms. The van der Waals surface area contributed by atoms with Gasteiger partial charge in [-0.1, -0.05) is 66.4 Å². The van der Waals surface area contributed by atoms with Crippen molar-refractivity contribution in [2.75, 3.05) is 0 Å². The number of hydrogen-bond donors (Lipinski definition) is 1. The first kappa shape index (κ1) is 21.8. The van der Waals surface area contributed by atoms with E-state index in [2.05, 4.69) is 40.7 Å². The molecule has 0 aromatic heterocycles. The van der Waals surface area contributed by atoms with Gasteiger partial charge in [-0.05, 0) is 85.9 Å². The van der Waals surface area contributed by atoms with Gasteiger partial charge in [0.15, 0.2) is 5.60 Å². The first-order valence-electron chi connectivity index (χ1n) is 13.5. The maximum absolute atomic E-state index is 6.43. The van der Waals surface area contributed by atoms with Gasteiger partial charge >= 0.3 is 0 Å². The second-order valence-electron chi connectivity index (χ2n) is 12.9. The number of aliphatic imine (C=N–C) groups is 1. The van der Waals surface area contributed by atoms with Crippen molar-refractivity contribution < 1.29 is 4.74 Å². The van der Waals surface area contributed by atoms with Crippen molar-refractivity contribution in [1.82, 2.24) is 0 Å². The maximum Gasteiger partial charge on any atom is 0.287 e. The summed E-state index contributed by atoms with van der Waals surface area (Å²) >= 11 is 0. The lowest BCUT2D eigenvalue weighted by atomic mass is 9.44. The van der Waals surface area contributed by atoms with Crippen molar-refractivity contribution in [1.29, 1.82) is 0 Å². The highest BCUT2D eigenvalue weighted by Gasteiger charge is 2.67. The molecule has 0 bridgehead atoms. The van der Waals surface area contributed by atoms with Crippen LogP contribution in [0.4, 0.5) is 0 Å². The quantitative estimate of drug-likeness (QED) is 0.511. The molecule has 3 heteroatoms. The average molecular weight is 427 g/mol. The third-order valence-electron chi connectivity index (χ3n) is 11.0. The lowest BCUT2D eigenvalue weighted by Crippen LogP contribution is -2.61. The van der Waals surface area contributed by atoms with Crippen LogP contribution in [-0.2, 0) is 4.74 Å². The van der Waals surface area contributed by atoms with Crippen LogP contribution in [0, 0.1) is 46.3 Å². The Labute approximate surface area is 190 Å². The van der Waals surface area contributed by atoms with Crippen LogP contribution in [0.1, 0.15) is 105 Å². The summed E-state index contributed by atoms with van der Waals surface area (Å²) in [6, 6.07) is 0.420. The van der Waals surface area contributed by atoms with Crippen molar-refractivity contribution in [2.45, 2.75) is 111 Å². The van der Waals surface area contributed by atoms with E-state index in [0.29, 0.717) is 17.4 Å². The highest BCUT2D eigenvalue weighted by atomic mass is 16.5. The Balaban J connectivity index is 1.43. The molecule has 0 radical (unpaired) electrons. The predicted molar refractivity (Wildman–Crippen MR) is 128 cm³/mol. The van der Waals surface area contributed by atoms with Crippen LogP contribution in [0.2, 0.25) is 0 Å². The largest absolute Gasteiger partial charge is 0.451 e. The molecule has 8 atom stereocenters. The minimum atomic E-state index is -0.230. The Morgan fingerprint density at radius 2 is 1.81 bits per heavy atom. The molecule has 1 aliphatic heterocycles. The fourth-order valence-corrected chi connectivity index (χ4v) is 9.44. The molecule has 0 aromatic carbocycles. The van der Waals surface area contributed by atoms with E-state index in [1.165, 1.54) is 69.9 Å². The SMILES string of the molecule is CC(C)CCC[C@@H](C)[C@H]1CC[C@H]2[C@@H]3C=C4N=C(N)O[C@@]45CCCC[C@]5(C)[C@H]3CC[C@]12C. The molecule has 31 heavy (non-hydrogen) atoms. The van der Waals surface area contributed by atoms with Gasteiger partial charge in [-0.2, -0.15) is 4.99 Å². The molecule has 4 aliphatic carbocycles.